The highest BCUT2D eigenvalue weighted by Crippen LogP contribution is 2.07. The molecule has 22 heavy (non-hydrogen) atoms. The lowest BCUT2D eigenvalue weighted by Crippen LogP contribution is -2.49. The quantitative estimate of drug-likeness (QED) is 0.322. The standard InChI is InChI=1S/C15H23N3O4/c1-15(2,3)22-14(19)17-12(13(16)18-20)10-21-9-11-7-5-4-6-8-11/h4-8,12,20H,9-10H2,1-3H3,(H2,16,18)(H,17,19). The third-order valence-electron chi connectivity index (χ3n) is 2.56. The fraction of sp³-hybridized carbons (Fsp3) is 0.467. The highest BCUT2D eigenvalue weighted by atomic mass is 16.6. The van der Waals surface area contributed by atoms with E-state index in [1.807, 2.05) is 30.3 Å². The number of amides is 1. The van der Waals surface area contributed by atoms with Crippen molar-refractivity contribution in [3.8, 4) is 0 Å². The predicted octanol–water partition coefficient (Wildman–Crippen LogP) is 1.84. The van der Waals surface area contributed by atoms with E-state index in [1.165, 1.54) is 0 Å². The minimum atomic E-state index is -0.774. The highest BCUT2D eigenvalue weighted by molar-refractivity contribution is 5.88. The molecule has 1 aromatic rings. The Morgan fingerprint density at radius 1 is 1.36 bits per heavy atom. The normalized spacial score (nSPS) is 13.5. The summed E-state index contributed by atoms with van der Waals surface area (Å²) in [6.07, 6.45) is -0.660. The van der Waals surface area contributed by atoms with Gasteiger partial charge < -0.3 is 25.7 Å². The molecular formula is C15H23N3O4. The van der Waals surface area contributed by atoms with Crippen LogP contribution in [0.1, 0.15) is 26.3 Å². The van der Waals surface area contributed by atoms with Gasteiger partial charge in [-0.1, -0.05) is 35.5 Å². The van der Waals surface area contributed by atoms with Crippen molar-refractivity contribution in [2.75, 3.05) is 6.61 Å². The number of rotatable bonds is 6. The monoisotopic (exact) mass is 309 g/mol. The molecule has 0 radical (unpaired) electrons. The molecule has 122 valence electrons. The number of carbonyl (C=O) groups is 1. The molecule has 1 aromatic carbocycles. The summed E-state index contributed by atoms with van der Waals surface area (Å²) in [6.45, 7) is 5.65. The Labute approximate surface area is 130 Å². The van der Waals surface area contributed by atoms with Crippen LogP contribution in [0.3, 0.4) is 0 Å². The first kappa shape index (κ1) is 17.8. The van der Waals surface area contributed by atoms with Crippen molar-refractivity contribution in [3.05, 3.63) is 35.9 Å². The largest absolute Gasteiger partial charge is 0.444 e. The molecule has 1 unspecified atom stereocenters. The highest BCUT2D eigenvalue weighted by Gasteiger charge is 2.22. The van der Waals surface area contributed by atoms with Crippen LogP contribution in [0.25, 0.3) is 0 Å². The van der Waals surface area contributed by atoms with Gasteiger partial charge in [-0.2, -0.15) is 0 Å². The summed E-state index contributed by atoms with van der Waals surface area (Å²) in [5.74, 6) is -0.154. The number of hydrogen-bond acceptors (Lipinski definition) is 5. The number of oxime groups is 1. The van der Waals surface area contributed by atoms with E-state index in [0.717, 1.165) is 5.56 Å². The second-order valence-corrected chi connectivity index (χ2v) is 5.72. The van der Waals surface area contributed by atoms with Crippen LogP contribution in [0.2, 0.25) is 0 Å². The molecule has 0 aromatic heterocycles. The smallest absolute Gasteiger partial charge is 0.408 e. The van der Waals surface area contributed by atoms with Gasteiger partial charge in [-0.3, -0.25) is 0 Å². The maximum absolute atomic E-state index is 11.7. The third-order valence-corrected chi connectivity index (χ3v) is 2.56. The predicted molar refractivity (Wildman–Crippen MR) is 82.7 cm³/mol. The summed E-state index contributed by atoms with van der Waals surface area (Å²) in [5, 5.41) is 14.2. The zero-order valence-electron chi connectivity index (χ0n) is 13.1. The number of amidine groups is 1. The molecule has 0 bridgehead atoms. The van der Waals surface area contributed by atoms with Crippen molar-refractivity contribution in [2.45, 2.75) is 39.0 Å². The Bertz CT molecular complexity index is 497. The zero-order valence-corrected chi connectivity index (χ0v) is 13.1. The fourth-order valence-electron chi connectivity index (χ4n) is 1.59. The summed E-state index contributed by atoms with van der Waals surface area (Å²) >= 11 is 0. The minimum Gasteiger partial charge on any atom is -0.444 e. The maximum Gasteiger partial charge on any atom is 0.408 e. The number of alkyl carbamates (subject to hydrolysis) is 1. The van der Waals surface area contributed by atoms with E-state index < -0.39 is 17.7 Å². The summed E-state index contributed by atoms with van der Waals surface area (Å²) in [5.41, 5.74) is 5.91. The molecule has 0 fully saturated rings. The van der Waals surface area contributed by atoms with E-state index in [2.05, 4.69) is 10.5 Å². The topological polar surface area (TPSA) is 106 Å². The molecule has 0 saturated heterocycles. The molecule has 7 heteroatoms. The molecular weight excluding hydrogens is 286 g/mol. The summed E-state index contributed by atoms with van der Waals surface area (Å²) in [6, 6.07) is 8.77. The molecule has 0 aliphatic rings. The van der Waals surface area contributed by atoms with Crippen LogP contribution in [-0.2, 0) is 16.1 Å². The van der Waals surface area contributed by atoms with Crippen LogP contribution < -0.4 is 11.1 Å². The molecule has 1 amide bonds. The molecule has 0 heterocycles. The summed E-state index contributed by atoms with van der Waals surface area (Å²) in [4.78, 5) is 11.7. The zero-order chi connectivity index (χ0) is 16.6. The Morgan fingerprint density at radius 3 is 2.55 bits per heavy atom. The van der Waals surface area contributed by atoms with Gasteiger partial charge >= 0.3 is 6.09 Å². The average molecular weight is 309 g/mol. The van der Waals surface area contributed by atoms with Crippen LogP contribution in [0.15, 0.2) is 35.5 Å². The first-order valence-corrected chi connectivity index (χ1v) is 6.90. The Kier molecular flexibility index (Phi) is 6.65. The van der Waals surface area contributed by atoms with Crippen molar-refractivity contribution in [3.63, 3.8) is 0 Å². The van der Waals surface area contributed by atoms with Gasteiger partial charge in [0.1, 0.15) is 11.6 Å². The van der Waals surface area contributed by atoms with Gasteiger partial charge in [-0.05, 0) is 26.3 Å². The molecule has 0 aliphatic carbocycles. The second-order valence-electron chi connectivity index (χ2n) is 5.72. The fourth-order valence-corrected chi connectivity index (χ4v) is 1.59. The van der Waals surface area contributed by atoms with Crippen LogP contribution >= 0.6 is 0 Å². The second kappa shape index (κ2) is 8.23. The number of nitrogens with one attached hydrogen (secondary N) is 1. The minimum absolute atomic E-state index is 0.0596. The lowest BCUT2D eigenvalue weighted by atomic mass is 10.2. The lowest BCUT2D eigenvalue weighted by molar-refractivity contribution is 0.0466. The van der Waals surface area contributed by atoms with Crippen molar-refractivity contribution in [1.82, 2.24) is 5.32 Å². The van der Waals surface area contributed by atoms with Crippen LogP contribution in [-0.4, -0.2) is 35.4 Å². The van der Waals surface area contributed by atoms with Gasteiger partial charge in [-0.15, -0.1) is 0 Å². The molecule has 0 spiro atoms. The Morgan fingerprint density at radius 2 is 2.00 bits per heavy atom. The number of hydrogen-bond donors (Lipinski definition) is 3. The van der Waals surface area contributed by atoms with Crippen molar-refractivity contribution < 1.29 is 19.5 Å². The Balaban J connectivity index is 2.53. The van der Waals surface area contributed by atoms with Gasteiger partial charge in [0.25, 0.3) is 0 Å². The van der Waals surface area contributed by atoms with E-state index >= 15 is 0 Å². The number of nitrogens with zero attached hydrogens (tertiary/aromatic N) is 1. The van der Waals surface area contributed by atoms with Gasteiger partial charge in [0, 0.05) is 0 Å². The van der Waals surface area contributed by atoms with E-state index in [9.17, 15) is 4.79 Å². The molecule has 1 rings (SSSR count). The van der Waals surface area contributed by atoms with Gasteiger partial charge in [0.05, 0.1) is 13.2 Å². The first-order chi connectivity index (χ1) is 10.3. The van der Waals surface area contributed by atoms with E-state index in [0.29, 0.717) is 6.61 Å². The van der Waals surface area contributed by atoms with E-state index in [-0.39, 0.29) is 12.4 Å². The first-order valence-electron chi connectivity index (χ1n) is 6.90. The summed E-state index contributed by atoms with van der Waals surface area (Å²) in [7, 11) is 0. The van der Waals surface area contributed by atoms with Gasteiger partial charge in [0.15, 0.2) is 5.84 Å². The van der Waals surface area contributed by atoms with Crippen LogP contribution in [0.4, 0.5) is 4.79 Å². The van der Waals surface area contributed by atoms with E-state index in [1.54, 1.807) is 20.8 Å². The molecule has 0 aliphatic heterocycles. The molecule has 0 saturated carbocycles. The molecule has 4 N–H and O–H groups in total. The van der Waals surface area contributed by atoms with Crippen molar-refractivity contribution in [2.24, 2.45) is 10.9 Å². The maximum atomic E-state index is 11.7. The SMILES string of the molecule is CC(C)(C)OC(=O)NC(COCc1ccccc1)C(N)=NO. The summed E-state index contributed by atoms with van der Waals surface area (Å²) < 4.78 is 10.6. The van der Waals surface area contributed by atoms with Gasteiger partial charge in [0.2, 0.25) is 0 Å². The molecule has 1 atom stereocenters. The van der Waals surface area contributed by atoms with Crippen molar-refractivity contribution in [1.29, 1.82) is 0 Å². The Hall–Kier alpha value is -2.28. The van der Waals surface area contributed by atoms with Crippen LogP contribution in [0, 0.1) is 0 Å². The van der Waals surface area contributed by atoms with Gasteiger partial charge in [-0.25, -0.2) is 4.79 Å². The number of ether oxygens (including phenoxy) is 2. The number of benzene rings is 1. The van der Waals surface area contributed by atoms with E-state index in [4.69, 9.17) is 20.4 Å². The van der Waals surface area contributed by atoms with Crippen LogP contribution in [0.5, 0.6) is 0 Å². The average Bonchev–Trinajstić information content (AvgIpc) is 2.44. The lowest BCUT2D eigenvalue weighted by Gasteiger charge is -2.23. The number of carbonyl (C=O) groups excluding carboxylic acids is 1. The number of nitrogens with two attached hydrogens (primary N) is 1. The third kappa shape index (κ3) is 6.94. The van der Waals surface area contributed by atoms with Crippen molar-refractivity contribution >= 4 is 11.9 Å². The molecule has 7 nitrogen and oxygen atoms in total.